The summed E-state index contributed by atoms with van der Waals surface area (Å²) in [4.78, 5) is 2.65. The number of nitrogens with zero attached hydrogens (tertiary/aromatic N) is 1. The number of halogens is 1. The summed E-state index contributed by atoms with van der Waals surface area (Å²) in [7, 11) is 0. The van der Waals surface area contributed by atoms with Crippen LogP contribution in [0.4, 0.5) is 0 Å². The second-order valence-corrected chi connectivity index (χ2v) is 6.69. The Bertz CT molecular complexity index is 417. The number of ether oxygens (including phenoxy) is 1. The topological polar surface area (TPSA) is 12.5 Å². The van der Waals surface area contributed by atoms with Crippen molar-refractivity contribution in [1.29, 1.82) is 0 Å². The molecule has 1 unspecified atom stereocenters. The van der Waals surface area contributed by atoms with Gasteiger partial charge in [0.25, 0.3) is 0 Å². The number of hydrogen-bond acceptors (Lipinski definition) is 2. The van der Waals surface area contributed by atoms with Crippen LogP contribution in [0.25, 0.3) is 0 Å². The van der Waals surface area contributed by atoms with Gasteiger partial charge in [0.2, 0.25) is 0 Å². The van der Waals surface area contributed by atoms with Crippen LogP contribution in [0.1, 0.15) is 38.5 Å². The monoisotopic (exact) mass is 323 g/mol. The molecular weight excluding hydrogens is 302 g/mol. The highest BCUT2D eigenvalue weighted by atomic mass is 79.9. The first kappa shape index (κ1) is 13.4. The predicted octanol–water partition coefficient (Wildman–Crippen LogP) is 4.23. The number of rotatable bonds is 3. The molecule has 2 nitrogen and oxygen atoms in total. The largest absolute Gasteiger partial charge is 0.489 e. The van der Waals surface area contributed by atoms with E-state index in [0.717, 1.165) is 22.8 Å². The average Bonchev–Trinajstić information content (AvgIpc) is 2.88. The average molecular weight is 324 g/mol. The lowest BCUT2D eigenvalue weighted by Crippen LogP contribution is -2.36. The Kier molecular flexibility index (Phi) is 4.44. The Morgan fingerprint density at radius 1 is 1.11 bits per heavy atom. The van der Waals surface area contributed by atoms with Crippen molar-refractivity contribution < 1.29 is 4.74 Å². The van der Waals surface area contributed by atoms with E-state index >= 15 is 0 Å². The first-order valence-corrected chi connectivity index (χ1v) is 8.27. The zero-order chi connectivity index (χ0) is 13.1. The number of benzene rings is 1. The standard InChI is InChI=1S/C16H22BrNO/c17-13-5-4-8-15(11-13)19-16-9-10-18(12-16)14-6-2-1-3-7-14/h4-5,8,11,14,16H,1-3,6-7,9-10,12H2. The van der Waals surface area contributed by atoms with Gasteiger partial charge in [0.05, 0.1) is 0 Å². The zero-order valence-electron chi connectivity index (χ0n) is 11.4. The van der Waals surface area contributed by atoms with Crippen LogP contribution in [0.5, 0.6) is 5.75 Å². The molecule has 1 aliphatic carbocycles. The Hall–Kier alpha value is -0.540. The molecule has 0 spiro atoms. The van der Waals surface area contributed by atoms with E-state index in [0.29, 0.717) is 6.10 Å². The summed E-state index contributed by atoms with van der Waals surface area (Å²) in [5, 5.41) is 0. The Balaban J connectivity index is 1.54. The van der Waals surface area contributed by atoms with E-state index in [1.165, 1.54) is 45.1 Å². The van der Waals surface area contributed by atoms with Crippen LogP contribution in [-0.2, 0) is 0 Å². The number of likely N-dealkylation sites (tertiary alicyclic amines) is 1. The van der Waals surface area contributed by atoms with Gasteiger partial charge < -0.3 is 4.74 Å². The molecule has 3 rings (SSSR count). The summed E-state index contributed by atoms with van der Waals surface area (Å²) >= 11 is 3.50. The third-order valence-electron chi connectivity index (χ3n) is 4.37. The van der Waals surface area contributed by atoms with E-state index in [-0.39, 0.29) is 0 Å². The molecule has 0 radical (unpaired) electrons. The van der Waals surface area contributed by atoms with E-state index in [9.17, 15) is 0 Å². The minimum Gasteiger partial charge on any atom is -0.489 e. The van der Waals surface area contributed by atoms with Gasteiger partial charge in [-0.2, -0.15) is 0 Å². The van der Waals surface area contributed by atoms with Gasteiger partial charge in [-0.1, -0.05) is 41.3 Å². The fourth-order valence-corrected chi connectivity index (χ4v) is 3.74. The lowest BCUT2D eigenvalue weighted by Gasteiger charge is -2.30. The van der Waals surface area contributed by atoms with Crippen LogP contribution in [0.3, 0.4) is 0 Å². The van der Waals surface area contributed by atoms with Gasteiger partial charge in [0.1, 0.15) is 11.9 Å². The van der Waals surface area contributed by atoms with E-state index in [4.69, 9.17) is 4.74 Å². The van der Waals surface area contributed by atoms with Crippen molar-refractivity contribution in [3.8, 4) is 5.75 Å². The maximum absolute atomic E-state index is 6.11. The fraction of sp³-hybridized carbons (Fsp3) is 0.625. The van der Waals surface area contributed by atoms with Crippen LogP contribution < -0.4 is 4.74 Å². The highest BCUT2D eigenvalue weighted by molar-refractivity contribution is 9.10. The molecule has 2 aliphatic rings. The summed E-state index contributed by atoms with van der Waals surface area (Å²) in [6, 6.07) is 9.00. The first-order chi connectivity index (χ1) is 9.31. The maximum atomic E-state index is 6.11. The minimum absolute atomic E-state index is 0.372. The van der Waals surface area contributed by atoms with Crippen LogP contribution in [-0.4, -0.2) is 30.1 Å². The molecule has 3 heteroatoms. The Morgan fingerprint density at radius 2 is 1.95 bits per heavy atom. The molecule has 104 valence electrons. The highest BCUT2D eigenvalue weighted by Gasteiger charge is 2.30. The summed E-state index contributed by atoms with van der Waals surface area (Å²) in [5.41, 5.74) is 0. The summed E-state index contributed by atoms with van der Waals surface area (Å²) in [6.07, 6.45) is 8.59. The molecule has 0 aromatic heterocycles. The Morgan fingerprint density at radius 3 is 2.74 bits per heavy atom. The molecule has 1 heterocycles. The van der Waals surface area contributed by atoms with Gasteiger partial charge in [0.15, 0.2) is 0 Å². The van der Waals surface area contributed by atoms with E-state index in [1.807, 2.05) is 18.2 Å². The second kappa shape index (κ2) is 6.27. The normalized spacial score (nSPS) is 25.6. The summed E-state index contributed by atoms with van der Waals surface area (Å²) in [6.45, 7) is 2.32. The van der Waals surface area contributed by atoms with Gasteiger partial charge in [-0.25, -0.2) is 0 Å². The molecule has 2 fully saturated rings. The molecule has 0 N–H and O–H groups in total. The predicted molar refractivity (Wildman–Crippen MR) is 81.6 cm³/mol. The molecule has 1 aliphatic heterocycles. The van der Waals surface area contributed by atoms with Crippen molar-refractivity contribution >= 4 is 15.9 Å². The van der Waals surface area contributed by atoms with Crippen molar-refractivity contribution in [2.24, 2.45) is 0 Å². The molecule has 0 amide bonds. The van der Waals surface area contributed by atoms with E-state index in [2.05, 4.69) is 26.9 Å². The Labute approximate surface area is 124 Å². The van der Waals surface area contributed by atoms with Crippen LogP contribution in [0.15, 0.2) is 28.7 Å². The SMILES string of the molecule is Brc1cccc(OC2CCN(C3CCCCC3)C2)c1. The van der Waals surface area contributed by atoms with Crippen LogP contribution in [0.2, 0.25) is 0 Å². The number of hydrogen-bond donors (Lipinski definition) is 0. The fourth-order valence-electron chi connectivity index (χ4n) is 3.36. The molecule has 1 aromatic rings. The van der Waals surface area contributed by atoms with E-state index in [1.54, 1.807) is 0 Å². The van der Waals surface area contributed by atoms with Crippen molar-refractivity contribution in [3.05, 3.63) is 28.7 Å². The lowest BCUT2D eigenvalue weighted by molar-refractivity contribution is 0.155. The van der Waals surface area contributed by atoms with Gasteiger partial charge in [0, 0.05) is 23.6 Å². The lowest BCUT2D eigenvalue weighted by atomic mass is 9.94. The summed E-state index contributed by atoms with van der Waals surface area (Å²) < 4.78 is 7.20. The van der Waals surface area contributed by atoms with Crippen molar-refractivity contribution in [1.82, 2.24) is 4.90 Å². The van der Waals surface area contributed by atoms with Gasteiger partial charge in [-0.3, -0.25) is 4.90 Å². The van der Waals surface area contributed by atoms with Crippen molar-refractivity contribution in [3.63, 3.8) is 0 Å². The van der Waals surface area contributed by atoms with Crippen molar-refractivity contribution in [2.75, 3.05) is 13.1 Å². The molecule has 19 heavy (non-hydrogen) atoms. The quantitative estimate of drug-likeness (QED) is 0.825. The third kappa shape index (κ3) is 3.51. The third-order valence-corrected chi connectivity index (χ3v) is 4.86. The van der Waals surface area contributed by atoms with Gasteiger partial charge in [-0.15, -0.1) is 0 Å². The molecule has 1 saturated heterocycles. The zero-order valence-corrected chi connectivity index (χ0v) is 12.9. The van der Waals surface area contributed by atoms with E-state index < -0.39 is 0 Å². The second-order valence-electron chi connectivity index (χ2n) is 5.77. The highest BCUT2D eigenvalue weighted by Crippen LogP contribution is 2.27. The molecule has 1 aromatic carbocycles. The van der Waals surface area contributed by atoms with Crippen LogP contribution in [0, 0.1) is 0 Å². The van der Waals surface area contributed by atoms with Gasteiger partial charge in [-0.05, 0) is 37.5 Å². The maximum Gasteiger partial charge on any atom is 0.120 e. The summed E-state index contributed by atoms with van der Waals surface area (Å²) in [5.74, 6) is 0.991. The minimum atomic E-state index is 0.372. The van der Waals surface area contributed by atoms with Crippen LogP contribution >= 0.6 is 15.9 Å². The molecule has 1 saturated carbocycles. The smallest absolute Gasteiger partial charge is 0.120 e. The molecular formula is C16H22BrNO. The van der Waals surface area contributed by atoms with Crippen molar-refractivity contribution in [2.45, 2.75) is 50.7 Å². The first-order valence-electron chi connectivity index (χ1n) is 7.47. The molecule has 1 atom stereocenters. The van der Waals surface area contributed by atoms with Gasteiger partial charge >= 0.3 is 0 Å². The molecule has 0 bridgehead atoms.